The van der Waals surface area contributed by atoms with Crippen molar-refractivity contribution in [2.45, 2.75) is 13.0 Å². The van der Waals surface area contributed by atoms with Gasteiger partial charge in [0.25, 0.3) is 0 Å². The van der Waals surface area contributed by atoms with E-state index in [4.69, 9.17) is 9.47 Å². The third-order valence-electron chi connectivity index (χ3n) is 2.31. The number of epoxide rings is 1. The lowest BCUT2D eigenvalue weighted by Gasteiger charge is -2.03. The molecule has 3 rings (SSSR count). The highest BCUT2D eigenvalue weighted by molar-refractivity contribution is 7.18. The summed E-state index contributed by atoms with van der Waals surface area (Å²) in [6, 6.07) is 5.98. The molecule has 86 valence electrons. The number of fused-ring (bicyclic) bond motifs is 1. The number of ether oxygens (including phenoxy) is 2. The topological polar surface area (TPSA) is 34.6 Å². The van der Waals surface area contributed by atoms with Crippen LogP contribution in [0.4, 0.5) is 0 Å². The lowest BCUT2D eigenvalue weighted by molar-refractivity contribution is 0.265. The number of rotatable bonds is 3. The van der Waals surface area contributed by atoms with Crippen molar-refractivity contribution in [2.75, 3.05) is 13.2 Å². The standard InChI is InChI=1S/C11H11NO2S.ClH/c1-7-12-9-3-2-4-10(11(9)15-7)14-6-8-5-13-8;/h2-4,8H,5-6H2,1H3;1H. The first-order chi connectivity index (χ1) is 7.33. The van der Waals surface area contributed by atoms with Gasteiger partial charge in [0.15, 0.2) is 0 Å². The molecule has 3 nitrogen and oxygen atoms in total. The minimum atomic E-state index is 0. The van der Waals surface area contributed by atoms with Gasteiger partial charge in [0, 0.05) is 0 Å². The Kier molecular flexibility index (Phi) is 3.33. The smallest absolute Gasteiger partial charge is 0.138 e. The lowest BCUT2D eigenvalue weighted by Crippen LogP contribution is -2.03. The number of aromatic nitrogens is 1. The van der Waals surface area contributed by atoms with Crippen molar-refractivity contribution in [3.05, 3.63) is 23.2 Å². The highest BCUT2D eigenvalue weighted by Crippen LogP contribution is 2.31. The van der Waals surface area contributed by atoms with Gasteiger partial charge in [-0.15, -0.1) is 23.7 Å². The van der Waals surface area contributed by atoms with Gasteiger partial charge >= 0.3 is 0 Å². The van der Waals surface area contributed by atoms with Crippen LogP contribution in [0, 0.1) is 6.92 Å². The number of aryl methyl sites for hydroxylation is 1. The number of hydrogen-bond donors (Lipinski definition) is 0. The van der Waals surface area contributed by atoms with Gasteiger partial charge in [-0.25, -0.2) is 4.98 Å². The maximum Gasteiger partial charge on any atom is 0.138 e. The predicted octanol–water partition coefficient (Wildman–Crippen LogP) is 2.80. The largest absolute Gasteiger partial charge is 0.489 e. The molecule has 2 heterocycles. The van der Waals surface area contributed by atoms with Crippen molar-refractivity contribution in [2.24, 2.45) is 0 Å². The summed E-state index contributed by atoms with van der Waals surface area (Å²) in [5.74, 6) is 0.925. The maximum absolute atomic E-state index is 5.70. The molecule has 0 bridgehead atoms. The number of hydrogen-bond acceptors (Lipinski definition) is 4. The van der Waals surface area contributed by atoms with Gasteiger partial charge in [-0.05, 0) is 19.1 Å². The molecule has 2 aromatic rings. The Hall–Kier alpha value is -0.840. The Morgan fingerprint density at radius 2 is 2.38 bits per heavy atom. The molecule has 1 aromatic heterocycles. The van der Waals surface area contributed by atoms with E-state index in [1.54, 1.807) is 11.3 Å². The third kappa shape index (κ3) is 2.29. The van der Waals surface area contributed by atoms with Crippen LogP contribution in [0.25, 0.3) is 10.2 Å². The molecule has 1 atom stereocenters. The van der Waals surface area contributed by atoms with E-state index in [1.165, 1.54) is 0 Å². The van der Waals surface area contributed by atoms with E-state index in [0.29, 0.717) is 12.7 Å². The minimum Gasteiger partial charge on any atom is -0.489 e. The van der Waals surface area contributed by atoms with Crippen molar-refractivity contribution in [3.63, 3.8) is 0 Å². The first-order valence-corrected chi connectivity index (χ1v) is 5.75. The SMILES string of the molecule is Cc1nc2cccc(OCC3CO3)c2s1.Cl. The fraction of sp³-hybridized carbons (Fsp3) is 0.364. The summed E-state index contributed by atoms with van der Waals surface area (Å²) in [6.45, 7) is 3.49. The first kappa shape index (κ1) is 11.6. The number of halogens is 1. The molecule has 16 heavy (non-hydrogen) atoms. The first-order valence-electron chi connectivity index (χ1n) is 4.93. The second kappa shape index (κ2) is 4.57. The average molecular weight is 258 g/mol. The summed E-state index contributed by atoms with van der Waals surface area (Å²) in [4.78, 5) is 4.42. The summed E-state index contributed by atoms with van der Waals surface area (Å²) < 4.78 is 11.9. The fourth-order valence-electron chi connectivity index (χ4n) is 1.50. The molecular formula is C11H12ClNO2S. The Labute approximate surface area is 104 Å². The maximum atomic E-state index is 5.70. The van der Waals surface area contributed by atoms with Gasteiger partial charge in [0.05, 0.1) is 21.8 Å². The van der Waals surface area contributed by atoms with E-state index in [2.05, 4.69) is 4.98 Å². The van der Waals surface area contributed by atoms with Gasteiger partial charge in [0.2, 0.25) is 0 Å². The van der Waals surface area contributed by atoms with Crippen LogP contribution in [-0.4, -0.2) is 24.3 Å². The molecule has 0 N–H and O–H groups in total. The predicted molar refractivity (Wildman–Crippen MR) is 66.8 cm³/mol. The molecule has 1 saturated heterocycles. The number of benzene rings is 1. The summed E-state index contributed by atoms with van der Waals surface area (Å²) in [5, 5.41) is 1.07. The van der Waals surface area contributed by atoms with Gasteiger partial charge in [-0.2, -0.15) is 0 Å². The zero-order valence-electron chi connectivity index (χ0n) is 8.80. The van der Waals surface area contributed by atoms with Crippen LogP contribution >= 0.6 is 23.7 Å². The third-order valence-corrected chi connectivity index (χ3v) is 3.31. The summed E-state index contributed by atoms with van der Waals surface area (Å²) in [5.41, 5.74) is 1.02. The Morgan fingerprint density at radius 1 is 1.56 bits per heavy atom. The van der Waals surface area contributed by atoms with E-state index in [0.717, 1.165) is 27.6 Å². The average Bonchev–Trinajstić information content (AvgIpc) is 2.96. The molecule has 1 aliphatic heterocycles. The summed E-state index contributed by atoms with van der Waals surface area (Å²) in [7, 11) is 0. The molecule has 0 aliphatic carbocycles. The van der Waals surface area contributed by atoms with E-state index in [1.807, 2.05) is 25.1 Å². The fourth-order valence-corrected chi connectivity index (χ4v) is 2.38. The van der Waals surface area contributed by atoms with Crippen molar-refractivity contribution >= 4 is 34.0 Å². The second-order valence-electron chi connectivity index (χ2n) is 3.60. The molecule has 0 spiro atoms. The molecule has 0 saturated carbocycles. The van der Waals surface area contributed by atoms with Crippen LogP contribution in [-0.2, 0) is 4.74 Å². The highest BCUT2D eigenvalue weighted by Gasteiger charge is 2.23. The highest BCUT2D eigenvalue weighted by atomic mass is 35.5. The van der Waals surface area contributed by atoms with Gasteiger partial charge in [0.1, 0.15) is 18.5 Å². The van der Waals surface area contributed by atoms with E-state index < -0.39 is 0 Å². The quantitative estimate of drug-likeness (QED) is 0.793. The lowest BCUT2D eigenvalue weighted by atomic mass is 10.3. The zero-order valence-corrected chi connectivity index (χ0v) is 10.4. The molecule has 1 fully saturated rings. The minimum absolute atomic E-state index is 0. The Morgan fingerprint density at radius 3 is 3.12 bits per heavy atom. The van der Waals surface area contributed by atoms with E-state index in [9.17, 15) is 0 Å². The monoisotopic (exact) mass is 257 g/mol. The molecule has 0 radical (unpaired) electrons. The van der Waals surface area contributed by atoms with Crippen molar-refractivity contribution in [1.82, 2.24) is 4.98 Å². The normalized spacial score (nSPS) is 18.2. The van der Waals surface area contributed by atoms with Crippen LogP contribution in [0.15, 0.2) is 18.2 Å². The van der Waals surface area contributed by atoms with Crippen LogP contribution in [0.5, 0.6) is 5.75 Å². The van der Waals surface area contributed by atoms with Crippen molar-refractivity contribution in [1.29, 1.82) is 0 Å². The van der Waals surface area contributed by atoms with Crippen LogP contribution < -0.4 is 4.74 Å². The summed E-state index contributed by atoms with van der Waals surface area (Å²) >= 11 is 1.67. The molecule has 1 aromatic carbocycles. The molecule has 5 heteroatoms. The molecular weight excluding hydrogens is 246 g/mol. The molecule has 0 amide bonds. The number of thiazole rings is 1. The molecule has 1 unspecified atom stereocenters. The molecule has 1 aliphatic rings. The van der Waals surface area contributed by atoms with Crippen molar-refractivity contribution < 1.29 is 9.47 Å². The van der Waals surface area contributed by atoms with Crippen molar-refractivity contribution in [3.8, 4) is 5.75 Å². The van der Waals surface area contributed by atoms with Crippen LogP contribution in [0.1, 0.15) is 5.01 Å². The van der Waals surface area contributed by atoms with Crippen LogP contribution in [0.3, 0.4) is 0 Å². The summed E-state index contributed by atoms with van der Waals surface area (Å²) in [6.07, 6.45) is 0.300. The van der Waals surface area contributed by atoms with Gasteiger partial charge in [-0.3, -0.25) is 0 Å². The van der Waals surface area contributed by atoms with Crippen LogP contribution in [0.2, 0.25) is 0 Å². The zero-order chi connectivity index (χ0) is 10.3. The Bertz CT molecular complexity index is 496. The van der Waals surface area contributed by atoms with Gasteiger partial charge in [-0.1, -0.05) is 6.07 Å². The van der Waals surface area contributed by atoms with E-state index in [-0.39, 0.29) is 12.4 Å². The number of nitrogens with zero attached hydrogens (tertiary/aromatic N) is 1. The van der Waals surface area contributed by atoms with E-state index >= 15 is 0 Å². The van der Waals surface area contributed by atoms with Gasteiger partial charge < -0.3 is 9.47 Å². The Balaban J connectivity index is 0.000000963. The second-order valence-corrected chi connectivity index (χ2v) is 4.81.